The van der Waals surface area contributed by atoms with Gasteiger partial charge < -0.3 is 24.1 Å². The SMILES string of the molecule is CN(C)C(=O)c1ccc(CN2CCOCC2CC(O)c2ccco2)[nH]1. The lowest BCUT2D eigenvalue weighted by molar-refractivity contribution is -0.0327. The molecular weight excluding hydrogens is 322 g/mol. The molecule has 2 aromatic heterocycles. The van der Waals surface area contributed by atoms with E-state index >= 15 is 0 Å². The van der Waals surface area contributed by atoms with Crippen molar-refractivity contribution in [2.45, 2.75) is 25.1 Å². The maximum Gasteiger partial charge on any atom is 0.269 e. The Morgan fingerprint density at radius 1 is 1.44 bits per heavy atom. The molecular formula is C18H25N3O4. The normalized spacial score (nSPS) is 19.7. The maximum atomic E-state index is 12.0. The number of nitrogens with one attached hydrogen (secondary N) is 1. The Bertz CT molecular complexity index is 680. The van der Waals surface area contributed by atoms with E-state index in [9.17, 15) is 9.90 Å². The number of furan rings is 1. The van der Waals surface area contributed by atoms with E-state index in [-0.39, 0.29) is 11.9 Å². The molecule has 25 heavy (non-hydrogen) atoms. The molecule has 1 fully saturated rings. The van der Waals surface area contributed by atoms with E-state index in [0.717, 1.165) is 12.2 Å². The number of hydrogen-bond donors (Lipinski definition) is 2. The van der Waals surface area contributed by atoms with Gasteiger partial charge in [-0.1, -0.05) is 0 Å². The molecule has 3 rings (SSSR count). The quantitative estimate of drug-likeness (QED) is 0.830. The number of morpholine rings is 1. The summed E-state index contributed by atoms with van der Waals surface area (Å²) in [5.74, 6) is 0.530. The first kappa shape index (κ1) is 17.7. The summed E-state index contributed by atoms with van der Waals surface area (Å²) in [6, 6.07) is 7.39. The van der Waals surface area contributed by atoms with Crippen LogP contribution in [-0.2, 0) is 11.3 Å². The summed E-state index contributed by atoms with van der Waals surface area (Å²) < 4.78 is 10.9. The van der Waals surface area contributed by atoms with Crippen LogP contribution in [0.15, 0.2) is 34.9 Å². The highest BCUT2D eigenvalue weighted by Gasteiger charge is 2.27. The van der Waals surface area contributed by atoms with Crippen LogP contribution in [0.3, 0.4) is 0 Å². The molecule has 0 spiro atoms. The molecule has 2 atom stereocenters. The van der Waals surface area contributed by atoms with Crippen molar-refractivity contribution in [3.8, 4) is 0 Å². The summed E-state index contributed by atoms with van der Waals surface area (Å²) in [7, 11) is 3.47. The molecule has 2 unspecified atom stereocenters. The molecule has 0 aromatic carbocycles. The van der Waals surface area contributed by atoms with Crippen LogP contribution in [0.4, 0.5) is 0 Å². The number of hydrogen-bond acceptors (Lipinski definition) is 5. The lowest BCUT2D eigenvalue weighted by Crippen LogP contribution is -2.45. The molecule has 1 aliphatic heterocycles. The summed E-state index contributed by atoms with van der Waals surface area (Å²) in [6.07, 6.45) is 1.45. The summed E-state index contributed by atoms with van der Waals surface area (Å²) >= 11 is 0. The zero-order valence-corrected chi connectivity index (χ0v) is 14.6. The van der Waals surface area contributed by atoms with Gasteiger partial charge in [-0.15, -0.1) is 0 Å². The molecule has 2 N–H and O–H groups in total. The molecule has 0 saturated carbocycles. The standard InChI is InChI=1S/C18H25N3O4/c1-20(2)18(23)15-6-5-13(19-15)11-21-7-9-24-12-14(21)10-16(22)17-4-3-8-25-17/h3-6,8,14,16,19,22H,7,9-12H2,1-2H3. The number of H-pyrrole nitrogens is 1. The van der Waals surface area contributed by atoms with Gasteiger partial charge in [-0.05, 0) is 30.7 Å². The van der Waals surface area contributed by atoms with Crippen molar-refractivity contribution in [2.24, 2.45) is 0 Å². The molecule has 1 amide bonds. The number of carbonyl (C=O) groups is 1. The average Bonchev–Trinajstić information content (AvgIpc) is 3.27. The highest BCUT2D eigenvalue weighted by atomic mass is 16.5. The number of rotatable bonds is 6. The van der Waals surface area contributed by atoms with E-state index in [2.05, 4.69) is 9.88 Å². The largest absolute Gasteiger partial charge is 0.467 e. The first-order chi connectivity index (χ1) is 12.0. The molecule has 1 saturated heterocycles. The van der Waals surface area contributed by atoms with Crippen molar-refractivity contribution >= 4 is 5.91 Å². The third-order valence-electron chi connectivity index (χ3n) is 4.47. The zero-order chi connectivity index (χ0) is 17.8. The van der Waals surface area contributed by atoms with Crippen LogP contribution in [0, 0.1) is 0 Å². The van der Waals surface area contributed by atoms with E-state index in [4.69, 9.17) is 9.15 Å². The van der Waals surface area contributed by atoms with Crippen molar-refractivity contribution in [1.82, 2.24) is 14.8 Å². The molecule has 1 aliphatic rings. The number of aromatic nitrogens is 1. The van der Waals surface area contributed by atoms with Crippen molar-refractivity contribution in [3.63, 3.8) is 0 Å². The lowest BCUT2D eigenvalue weighted by atomic mass is 10.1. The van der Waals surface area contributed by atoms with Crippen LogP contribution < -0.4 is 0 Å². The molecule has 7 heteroatoms. The van der Waals surface area contributed by atoms with Gasteiger partial charge >= 0.3 is 0 Å². The molecule has 136 valence electrons. The van der Waals surface area contributed by atoms with Gasteiger partial charge in [0.2, 0.25) is 0 Å². The fourth-order valence-electron chi connectivity index (χ4n) is 3.09. The van der Waals surface area contributed by atoms with E-state index in [1.165, 1.54) is 0 Å². The summed E-state index contributed by atoms with van der Waals surface area (Å²) in [5, 5.41) is 10.3. The second-order valence-corrected chi connectivity index (χ2v) is 6.56. The van der Waals surface area contributed by atoms with Crippen LogP contribution in [-0.4, -0.2) is 65.7 Å². The summed E-state index contributed by atoms with van der Waals surface area (Å²) in [4.78, 5) is 19.0. The van der Waals surface area contributed by atoms with Gasteiger partial charge in [0.15, 0.2) is 0 Å². The number of aliphatic hydroxyl groups is 1. The van der Waals surface area contributed by atoms with E-state index in [1.807, 2.05) is 12.1 Å². The molecule has 0 radical (unpaired) electrons. The Morgan fingerprint density at radius 3 is 3.00 bits per heavy atom. The molecule has 0 bridgehead atoms. The first-order valence-corrected chi connectivity index (χ1v) is 8.47. The van der Waals surface area contributed by atoms with Gasteiger partial charge in [-0.3, -0.25) is 9.69 Å². The second-order valence-electron chi connectivity index (χ2n) is 6.56. The van der Waals surface area contributed by atoms with Gasteiger partial charge in [0.1, 0.15) is 17.6 Å². The van der Waals surface area contributed by atoms with Crippen LogP contribution in [0.25, 0.3) is 0 Å². The van der Waals surface area contributed by atoms with Crippen LogP contribution in [0.2, 0.25) is 0 Å². The summed E-state index contributed by atoms with van der Waals surface area (Å²) in [6.45, 7) is 2.70. The Morgan fingerprint density at radius 2 is 2.28 bits per heavy atom. The third-order valence-corrected chi connectivity index (χ3v) is 4.47. The monoisotopic (exact) mass is 347 g/mol. The van der Waals surface area contributed by atoms with Gasteiger partial charge in [0, 0.05) is 38.9 Å². The van der Waals surface area contributed by atoms with Crippen LogP contribution in [0.5, 0.6) is 0 Å². The van der Waals surface area contributed by atoms with E-state index in [1.54, 1.807) is 37.4 Å². The smallest absolute Gasteiger partial charge is 0.269 e. The lowest BCUT2D eigenvalue weighted by Gasteiger charge is -2.36. The number of ether oxygens (including phenoxy) is 1. The second kappa shape index (κ2) is 7.86. The zero-order valence-electron chi connectivity index (χ0n) is 14.6. The van der Waals surface area contributed by atoms with Crippen LogP contribution in [0.1, 0.15) is 34.5 Å². The van der Waals surface area contributed by atoms with Crippen molar-refractivity contribution in [3.05, 3.63) is 47.7 Å². The number of aromatic amines is 1. The highest BCUT2D eigenvalue weighted by molar-refractivity contribution is 5.92. The third kappa shape index (κ3) is 4.31. The predicted molar refractivity (Wildman–Crippen MR) is 92.1 cm³/mol. The van der Waals surface area contributed by atoms with Gasteiger partial charge in [0.25, 0.3) is 5.91 Å². The minimum absolute atomic E-state index is 0.0435. The topological polar surface area (TPSA) is 81.9 Å². The minimum atomic E-state index is -0.654. The Kier molecular flexibility index (Phi) is 5.57. The number of amides is 1. The van der Waals surface area contributed by atoms with E-state index < -0.39 is 6.10 Å². The molecule has 2 aromatic rings. The maximum absolute atomic E-state index is 12.0. The van der Waals surface area contributed by atoms with Crippen molar-refractivity contribution in [2.75, 3.05) is 33.9 Å². The first-order valence-electron chi connectivity index (χ1n) is 8.47. The fourth-order valence-corrected chi connectivity index (χ4v) is 3.09. The van der Waals surface area contributed by atoms with Gasteiger partial charge in [-0.2, -0.15) is 0 Å². The Balaban J connectivity index is 1.64. The predicted octanol–water partition coefficient (Wildman–Crippen LogP) is 1.63. The molecule has 0 aliphatic carbocycles. The molecule has 3 heterocycles. The number of carbonyl (C=O) groups excluding carboxylic acids is 1. The molecule has 7 nitrogen and oxygen atoms in total. The van der Waals surface area contributed by atoms with Crippen molar-refractivity contribution in [1.29, 1.82) is 0 Å². The average molecular weight is 347 g/mol. The van der Waals surface area contributed by atoms with E-state index in [0.29, 0.717) is 37.6 Å². The number of aliphatic hydroxyl groups excluding tert-OH is 1. The highest BCUT2D eigenvalue weighted by Crippen LogP contribution is 2.24. The number of nitrogens with zero attached hydrogens (tertiary/aromatic N) is 2. The van der Waals surface area contributed by atoms with Crippen LogP contribution >= 0.6 is 0 Å². The van der Waals surface area contributed by atoms with Gasteiger partial charge in [-0.25, -0.2) is 0 Å². The summed E-state index contributed by atoms with van der Waals surface area (Å²) in [5.41, 5.74) is 1.56. The fraction of sp³-hybridized carbons (Fsp3) is 0.500. The minimum Gasteiger partial charge on any atom is -0.467 e. The van der Waals surface area contributed by atoms with Gasteiger partial charge in [0.05, 0.1) is 19.5 Å². The van der Waals surface area contributed by atoms with Crippen molar-refractivity contribution < 1.29 is 19.1 Å². The Labute approximate surface area is 147 Å². The Hall–Kier alpha value is -2.09.